The molecule has 7 heteroatoms. The topological polar surface area (TPSA) is 58.3 Å². The number of rotatable bonds is 4. The molecule has 4 rings (SSSR count). The third-order valence-corrected chi connectivity index (χ3v) is 5.32. The lowest BCUT2D eigenvalue weighted by Gasteiger charge is -2.35. The van der Waals surface area contributed by atoms with E-state index < -0.39 is 0 Å². The fourth-order valence-electron chi connectivity index (χ4n) is 3.94. The van der Waals surface area contributed by atoms with E-state index in [2.05, 4.69) is 10.0 Å². The van der Waals surface area contributed by atoms with Gasteiger partial charge in [0.25, 0.3) is 5.91 Å². The fraction of sp³-hybridized carbons (Fsp3) is 0.429. The van der Waals surface area contributed by atoms with Crippen molar-refractivity contribution in [2.24, 2.45) is 5.10 Å². The molecule has 0 spiro atoms. The van der Waals surface area contributed by atoms with Gasteiger partial charge in [-0.3, -0.25) is 9.69 Å². The lowest BCUT2D eigenvalue weighted by atomic mass is 10.0. The summed E-state index contributed by atoms with van der Waals surface area (Å²) in [5, 5.41) is 6.92. The van der Waals surface area contributed by atoms with Crippen LogP contribution >= 0.6 is 11.6 Å². The van der Waals surface area contributed by atoms with Gasteiger partial charge in [-0.2, -0.15) is 5.10 Å². The Bertz CT molecular complexity index is 840. The van der Waals surface area contributed by atoms with Gasteiger partial charge in [-0.1, -0.05) is 23.7 Å². The Balaban J connectivity index is 1.55. The number of carbonyl (C=O) groups excluding carboxylic acids is 1. The molecular weight excluding hydrogens is 378 g/mol. The van der Waals surface area contributed by atoms with Crippen molar-refractivity contribution in [1.82, 2.24) is 9.91 Å². The highest BCUT2D eigenvalue weighted by molar-refractivity contribution is 6.30. The number of hydrazone groups is 1. The molecule has 1 fully saturated rings. The highest BCUT2D eigenvalue weighted by Gasteiger charge is 2.36. The zero-order valence-electron chi connectivity index (χ0n) is 16.0. The van der Waals surface area contributed by atoms with E-state index in [-0.39, 0.29) is 24.2 Å². The van der Waals surface area contributed by atoms with Crippen molar-refractivity contribution in [1.29, 1.82) is 0 Å². The number of benzene rings is 1. The van der Waals surface area contributed by atoms with Crippen molar-refractivity contribution in [3.05, 3.63) is 59.0 Å². The Kier molecular flexibility index (Phi) is 5.53. The molecule has 28 heavy (non-hydrogen) atoms. The predicted octanol–water partition coefficient (Wildman–Crippen LogP) is 3.72. The molecule has 0 bridgehead atoms. The van der Waals surface area contributed by atoms with E-state index in [4.69, 9.17) is 20.8 Å². The monoisotopic (exact) mass is 401 g/mol. The van der Waals surface area contributed by atoms with E-state index in [0.717, 1.165) is 30.1 Å². The normalized spacial score (nSPS) is 25.8. The molecule has 0 radical (unpaired) electrons. The van der Waals surface area contributed by atoms with Gasteiger partial charge >= 0.3 is 0 Å². The van der Waals surface area contributed by atoms with Gasteiger partial charge in [-0.25, -0.2) is 5.01 Å². The molecular formula is C21H24ClN3O3. The molecule has 0 unspecified atom stereocenters. The van der Waals surface area contributed by atoms with Gasteiger partial charge in [-0.05, 0) is 43.7 Å². The average Bonchev–Trinajstić information content (AvgIpc) is 3.31. The highest BCUT2D eigenvalue weighted by Crippen LogP contribution is 2.33. The number of halogens is 1. The number of nitrogens with zero attached hydrogens (tertiary/aromatic N) is 3. The summed E-state index contributed by atoms with van der Waals surface area (Å²) < 4.78 is 11.4. The maximum absolute atomic E-state index is 13.1. The van der Waals surface area contributed by atoms with Crippen LogP contribution in [0.5, 0.6) is 0 Å². The highest BCUT2D eigenvalue weighted by atomic mass is 35.5. The van der Waals surface area contributed by atoms with E-state index in [0.29, 0.717) is 18.0 Å². The van der Waals surface area contributed by atoms with E-state index in [9.17, 15) is 4.79 Å². The predicted molar refractivity (Wildman–Crippen MR) is 107 cm³/mol. The maximum Gasteiger partial charge on any atom is 0.257 e. The first-order chi connectivity index (χ1) is 13.5. The Labute approximate surface area is 169 Å². The molecule has 3 heterocycles. The number of carbonyl (C=O) groups is 1. The molecule has 2 aromatic rings. The Morgan fingerprint density at radius 1 is 1.18 bits per heavy atom. The Morgan fingerprint density at radius 3 is 2.54 bits per heavy atom. The number of hydrogen-bond donors (Lipinski definition) is 0. The van der Waals surface area contributed by atoms with Gasteiger partial charge in [0.05, 0.1) is 30.7 Å². The summed E-state index contributed by atoms with van der Waals surface area (Å²) in [6, 6.07) is 11.0. The molecule has 1 amide bonds. The van der Waals surface area contributed by atoms with Crippen LogP contribution in [0.3, 0.4) is 0 Å². The number of furan rings is 1. The van der Waals surface area contributed by atoms with Crippen molar-refractivity contribution in [3.8, 4) is 0 Å². The zero-order chi connectivity index (χ0) is 19.7. The summed E-state index contributed by atoms with van der Waals surface area (Å²) in [4.78, 5) is 15.3. The standard InChI is InChI=1S/C21H24ClN3O3/c1-14-11-24(12-15(2)28-14)13-21(26)25-19(20-4-3-9-27-20)10-18(23-25)16-5-7-17(22)8-6-16/h3-9,14-15,19H,10-13H2,1-2H3/t14-,15-,19+/m1/s1. The molecule has 2 aliphatic rings. The van der Waals surface area contributed by atoms with Gasteiger partial charge in [0, 0.05) is 24.5 Å². The minimum atomic E-state index is -0.232. The van der Waals surface area contributed by atoms with Crippen molar-refractivity contribution in [2.45, 2.75) is 38.5 Å². The van der Waals surface area contributed by atoms with Gasteiger partial charge in [0.15, 0.2) is 0 Å². The zero-order valence-corrected chi connectivity index (χ0v) is 16.8. The van der Waals surface area contributed by atoms with Gasteiger partial charge < -0.3 is 9.15 Å². The summed E-state index contributed by atoms with van der Waals surface area (Å²) in [5.41, 5.74) is 1.82. The Hall–Kier alpha value is -2.15. The molecule has 1 aromatic carbocycles. The minimum Gasteiger partial charge on any atom is -0.467 e. The third kappa shape index (κ3) is 4.14. The molecule has 0 aliphatic carbocycles. The minimum absolute atomic E-state index is 0.0355. The van der Waals surface area contributed by atoms with Crippen LogP contribution in [0, 0.1) is 0 Å². The lowest BCUT2D eigenvalue weighted by molar-refractivity contribution is -0.138. The first-order valence-electron chi connectivity index (χ1n) is 9.56. The fourth-order valence-corrected chi connectivity index (χ4v) is 4.06. The van der Waals surface area contributed by atoms with E-state index >= 15 is 0 Å². The van der Waals surface area contributed by atoms with Crippen LogP contribution in [0.25, 0.3) is 0 Å². The van der Waals surface area contributed by atoms with Crippen molar-refractivity contribution < 1.29 is 13.9 Å². The Morgan fingerprint density at radius 2 is 1.89 bits per heavy atom. The number of hydrogen-bond acceptors (Lipinski definition) is 5. The smallest absolute Gasteiger partial charge is 0.257 e. The molecule has 3 atom stereocenters. The van der Waals surface area contributed by atoms with E-state index in [1.807, 2.05) is 50.2 Å². The van der Waals surface area contributed by atoms with Crippen LogP contribution in [0.2, 0.25) is 5.02 Å². The molecule has 148 valence electrons. The third-order valence-electron chi connectivity index (χ3n) is 5.07. The summed E-state index contributed by atoms with van der Waals surface area (Å²) in [6.07, 6.45) is 2.47. The van der Waals surface area contributed by atoms with Gasteiger partial charge in [-0.15, -0.1) is 0 Å². The van der Waals surface area contributed by atoms with Crippen LogP contribution in [0.4, 0.5) is 0 Å². The molecule has 0 N–H and O–H groups in total. The first kappa shape index (κ1) is 19.2. The molecule has 0 saturated carbocycles. The summed E-state index contributed by atoms with van der Waals surface area (Å²) in [7, 11) is 0. The second kappa shape index (κ2) is 8.07. The number of amides is 1. The number of morpholine rings is 1. The largest absolute Gasteiger partial charge is 0.467 e. The van der Waals surface area contributed by atoms with Gasteiger partial charge in [0.1, 0.15) is 11.8 Å². The lowest BCUT2D eigenvalue weighted by Crippen LogP contribution is -2.49. The summed E-state index contributed by atoms with van der Waals surface area (Å²) in [5.74, 6) is 0.705. The summed E-state index contributed by atoms with van der Waals surface area (Å²) >= 11 is 6.00. The van der Waals surface area contributed by atoms with Crippen LogP contribution < -0.4 is 0 Å². The summed E-state index contributed by atoms with van der Waals surface area (Å²) in [6.45, 7) is 5.86. The number of ether oxygens (including phenoxy) is 1. The van der Waals surface area contributed by atoms with Crippen LogP contribution in [-0.4, -0.2) is 53.4 Å². The average molecular weight is 402 g/mol. The van der Waals surface area contributed by atoms with Crippen LogP contribution in [-0.2, 0) is 9.53 Å². The van der Waals surface area contributed by atoms with Crippen LogP contribution in [0.15, 0.2) is 52.2 Å². The molecule has 6 nitrogen and oxygen atoms in total. The second-order valence-electron chi connectivity index (χ2n) is 7.48. The maximum atomic E-state index is 13.1. The van der Waals surface area contributed by atoms with Gasteiger partial charge in [0.2, 0.25) is 0 Å². The quantitative estimate of drug-likeness (QED) is 0.783. The van der Waals surface area contributed by atoms with Crippen molar-refractivity contribution in [3.63, 3.8) is 0 Å². The molecule has 1 aromatic heterocycles. The van der Waals surface area contributed by atoms with Crippen molar-refractivity contribution >= 4 is 23.2 Å². The first-order valence-corrected chi connectivity index (χ1v) is 9.94. The van der Waals surface area contributed by atoms with Crippen molar-refractivity contribution in [2.75, 3.05) is 19.6 Å². The SMILES string of the molecule is C[C@@H]1CN(CC(=O)N2N=C(c3ccc(Cl)cc3)C[C@H]2c2ccco2)C[C@@H](C)O1. The van der Waals surface area contributed by atoms with E-state index in [1.165, 1.54) is 0 Å². The van der Waals surface area contributed by atoms with Crippen LogP contribution in [0.1, 0.15) is 37.6 Å². The molecule has 2 aliphatic heterocycles. The van der Waals surface area contributed by atoms with E-state index in [1.54, 1.807) is 11.3 Å². The second-order valence-corrected chi connectivity index (χ2v) is 7.92. The molecule has 1 saturated heterocycles.